The Bertz CT molecular complexity index is 1070. The van der Waals surface area contributed by atoms with Crippen LogP contribution in [0.1, 0.15) is 25.5 Å². The fraction of sp³-hybridized carbons (Fsp3) is 0.250. The lowest BCUT2D eigenvalue weighted by atomic mass is 10.4. The van der Waals surface area contributed by atoms with Crippen LogP contribution in [0.5, 0.6) is 0 Å². The van der Waals surface area contributed by atoms with Gasteiger partial charge in [-0.25, -0.2) is 29.9 Å². The normalized spacial score (nSPS) is 10.5. The molecule has 0 saturated heterocycles. The van der Waals surface area contributed by atoms with Crippen molar-refractivity contribution < 1.29 is 0 Å². The molecular weight excluding hydrogens is 336 g/mol. The molecule has 2 N–H and O–H groups in total. The topological polar surface area (TPSA) is 143 Å². The zero-order valence-electron chi connectivity index (χ0n) is 14.2. The van der Waals surface area contributed by atoms with E-state index in [4.69, 9.17) is 0 Å². The minimum atomic E-state index is -0.227. The first-order valence-corrected chi connectivity index (χ1v) is 8.02. The molecule has 0 bridgehead atoms. The molecule has 4 aromatic rings. The van der Waals surface area contributed by atoms with Crippen molar-refractivity contribution in [3.63, 3.8) is 0 Å². The zero-order valence-corrected chi connectivity index (χ0v) is 14.2. The lowest BCUT2D eigenvalue weighted by molar-refractivity contribution is 0.930. The number of H-pyrrole nitrogens is 2. The number of hydrogen-bond acceptors (Lipinski definition) is 8. The lowest BCUT2D eigenvalue weighted by Crippen LogP contribution is -2.13. The Morgan fingerprint density at radius 3 is 1.46 bits per heavy atom. The summed E-state index contributed by atoms with van der Waals surface area (Å²) >= 11 is 0. The van der Waals surface area contributed by atoms with E-state index in [1.807, 2.05) is 13.8 Å². The standard InChI is InChI=1S/2C8H8N4O/c2*1-2-5-11-7-6(8(13)12-5)9-3-4-10-7/h2*3-4H,2H2,1H3,(H,10,11,12,13). The molecule has 10 nitrogen and oxygen atoms in total. The van der Waals surface area contributed by atoms with Crippen molar-refractivity contribution in [3.8, 4) is 0 Å². The number of aryl methyl sites for hydroxylation is 2. The predicted octanol–water partition coefficient (Wildman–Crippen LogP) is 0.551. The summed E-state index contributed by atoms with van der Waals surface area (Å²) in [7, 11) is 0. The summed E-state index contributed by atoms with van der Waals surface area (Å²) in [4.78, 5) is 51.9. The van der Waals surface area contributed by atoms with Crippen molar-refractivity contribution in [1.29, 1.82) is 0 Å². The van der Waals surface area contributed by atoms with Crippen LogP contribution in [0.25, 0.3) is 22.3 Å². The number of aromatic nitrogens is 8. The minimum Gasteiger partial charge on any atom is -0.309 e. The van der Waals surface area contributed by atoms with Gasteiger partial charge < -0.3 is 9.97 Å². The second kappa shape index (κ2) is 7.55. The molecule has 0 radical (unpaired) electrons. The molecule has 4 heterocycles. The number of rotatable bonds is 2. The Hall–Kier alpha value is -3.56. The van der Waals surface area contributed by atoms with E-state index in [9.17, 15) is 9.59 Å². The van der Waals surface area contributed by atoms with E-state index in [1.54, 1.807) is 0 Å². The molecule has 0 amide bonds. The van der Waals surface area contributed by atoms with E-state index in [0.717, 1.165) is 0 Å². The highest BCUT2D eigenvalue weighted by atomic mass is 16.1. The summed E-state index contributed by atoms with van der Waals surface area (Å²) in [6, 6.07) is 0. The van der Waals surface area contributed by atoms with Gasteiger partial charge in [-0.1, -0.05) is 13.8 Å². The molecule has 132 valence electrons. The summed E-state index contributed by atoms with van der Waals surface area (Å²) in [5, 5.41) is 0. The van der Waals surface area contributed by atoms with Gasteiger partial charge in [-0.2, -0.15) is 0 Å². The molecule has 0 aliphatic heterocycles. The Kier molecular flexibility index (Phi) is 5.02. The third kappa shape index (κ3) is 3.58. The van der Waals surface area contributed by atoms with Gasteiger partial charge in [0.1, 0.15) is 11.6 Å². The van der Waals surface area contributed by atoms with Crippen molar-refractivity contribution in [2.75, 3.05) is 0 Å². The average molecular weight is 352 g/mol. The third-order valence-corrected chi connectivity index (χ3v) is 3.46. The predicted molar refractivity (Wildman–Crippen MR) is 94.7 cm³/mol. The molecule has 26 heavy (non-hydrogen) atoms. The molecule has 0 saturated carbocycles. The maximum atomic E-state index is 11.4. The molecule has 0 atom stereocenters. The molecule has 0 spiro atoms. The summed E-state index contributed by atoms with van der Waals surface area (Å²) in [6.07, 6.45) is 7.36. The summed E-state index contributed by atoms with van der Waals surface area (Å²) in [5.74, 6) is 1.27. The van der Waals surface area contributed by atoms with Crippen LogP contribution in [0, 0.1) is 0 Å². The Labute approximate surface area is 146 Å². The van der Waals surface area contributed by atoms with Crippen LogP contribution in [0.3, 0.4) is 0 Å². The van der Waals surface area contributed by atoms with E-state index in [2.05, 4.69) is 39.9 Å². The second-order valence-corrected chi connectivity index (χ2v) is 5.19. The van der Waals surface area contributed by atoms with Gasteiger partial charge in [0.05, 0.1) is 0 Å². The SMILES string of the molecule is CCc1nc2nccnc2c(=O)[nH]1.CCc1nc2nccnc2c(=O)[nH]1. The quantitative estimate of drug-likeness (QED) is 0.532. The van der Waals surface area contributed by atoms with Crippen LogP contribution in [0.2, 0.25) is 0 Å². The summed E-state index contributed by atoms with van der Waals surface area (Å²) in [5.41, 5.74) is 0.940. The lowest BCUT2D eigenvalue weighted by Gasteiger charge is -1.97. The van der Waals surface area contributed by atoms with Gasteiger partial charge >= 0.3 is 0 Å². The minimum absolute atomic E-state index is 0.227. The second-order valence-electron chi connectivity index (χ2n) is 5.19. The van der Waals surface area contributed by atoms with Gasteiger partial charge in [-0.15, -0.1) is 0 Å². The number of nitrogens with zero attached hydrogens (tertiary/aromatic N) is 6. The summed E-state index contributed by atoms with van der Waals surface area (Å²) in [6.45, 7) is 3.83. The van der Waals surface area contributed by atoms with Crippen LogP contribution in [-0.4, -0.2) is 39.9 Å². The van der Waals surface area contributed by atoms with Gasteiger partial charge in [0.2, 0.25) is 0 Å². The van der Waals surface area contributed by atoms with Crippen LogP contribution < -0.4 is 11.1 Å². The van der Waals surface area contributed by atoms with E-state index in [1.165, 1.54) is 24.8 Å². The van der Waals surface area contributed by atoms with Crippen LogP contribution in [-0.2, 0) is 12.8 Å². The highest BCUT2D eigenvalue weighted by Gasteiger charge is 2.03. The molecule has 4 aromatic heterocycles. The van der Waals surface area contributed by atoms with Gasteiger partial charge in [0, 0.05) is 37.6 Å². The first-order chi connectivity index (χ1) is 12.6. The van der Waals surface area contributed by atoms with Gasteiger partial charge in [0.25, 0.3) is 11.1 Å². The van der Waals surface area contributed by atoms with Gasteiger partial charge in [-0.05, 0) is 0 Å². The molecule has 0 aromatic carbocycles. The average Bonchev–Trinajstić information content (AvgIpc) is 2.68. The maximum Gasteiger partial charge on any atom is 0.279 e. The van der Waals surface area contributed by atoms with Crippen molar-refractivity contribution in [2.45, 2.75) is 26.7 Å². The largest absolute Gasteiger partial charge is 0.309 e. The van der Waals surface area contributed by atoms with Crippen LogP contribution in [0.4, 0.5) is 0 Å². The third-order valence-electron chi connectivity index (χ3n) is 3.46. The molecule has 0 unspecified atom stereocenters. The Morgan fingerprint density at radius 1 is 0.692 bits per heavy atom. The number of fused-ring (bicyclic) bond motifs is 2. The number of hydrogen-bond donors (Lipinski definition) is 2. The highest BCUT2D eigenvalue weighted by Crippen LogP contribution is 1.99. The Balaban J connectivity index is 0.000000151. The monoisotopic (exact) mass is 352 g/mol. The first kappa shape index (κ1) is 17.3. The molecule has 4 rings (SSSR count). The highest BCUT2D eigenvalue weighted by molar-refractivity contribution is 5.67. The fourth-order valence-corrected chi connectivity index (χ4v) is 2.17. The van der Waals surface area contributed by atoms with Gasteiger partial charge in [-0.3, -0.25) is 9.59 Å². The molecule has 0 aliphatic rings. The van der Waals surface area contributed by atoms with E-state index in [0.29, 0.717) is 46.8 Å². The van der Waals surface area contributed by atoms with E-state index in [-0.39, 0.29) is 11.1 Å². The molecular formula is C16H16N8O2. The number of aromatic amines is 2. The molecule has 0 aliphatic carbocycles. The fourth-order valence-electron chi connectivity index (χ4n) is 2.17. The van der Waals surface area contributed by atoms with Crippen LogP contribution in [0.15, 0.2) is 34.4 Å². The summed E-state index contributed by atoms with van der Waals surface area (Å²) < 4.78 is 0. The van der Waals surface area contributed by atoms with Crippen molar-refractivity contribution in [1.82, 2.24) is 39.9 Å². The molecule has 10 heteroatoms. The first-order valence-electron chi connectivity index (χ1n) is 8.02. The maximum absolute atomic E-state index is 11.4. The van der Waals surface area contributed by atoms with Crippen molar-refractivity contribution >= 4 is 22.3 Å². The zero-order chi connectivity index (χ0) is 18.5. The van der Waals surface area contributed by atoms with E-state index < -0.39 is 0 Å². The van der Waals surface area contributed by atoms with Crippen LogP contribution >= 0.6 is 0 Å². The van der Waals surface area contributed by atoms with Crippen molar-refractivity contribution in [2.24, 2.45) is 0 Å². The van der Waals surface area contributed by atoms with E-state index >= 15 is 0 Å². The molecule has 0 fully saturated rings. The van der Waals surface area contributed by atoms with Gasteiger partial charge in [0.15, 0.2) is 22.3 Å². The Morgan fingerprint density at radius 2 is 1.08 bits per heavy atom. The number of nitrogens with one attached hydrogen (secondary N) is 2. The van der Waals surface area contributed by atoms with Crippen molar-refractivity contribution in [3.05, 3.63) is 57.1 Å². The smallest absolute Gasteiger partial charge is 0.279 e.